The molecule has 112 valence electrons. The summed E-state index contributed by atoms with van der Waals surface area (Å²) in [6, 6.07) is 13.0. The van der Waals surface area contributed by atoms with Crippen molar-refractivity contribution in [2.75, 3.05) is 5.75 Å². The predicted molar refractivity (Wildman–Crippen MR) is 90.0 cm³/mol. The van der Waals surface area contributed by atoms with Gasteiger partial charge in [0.25, 0.3) is 0 Å². The summed E-state index contributed by atoms with van der Waals surface area (Å²) in [6.07, 6.45) is 6.00. The van der Waals surface area contributed by atoms with E-state index in [1.54, 1.807) is 0 Å². The van der Waals surface area contributed by atoms with E-state index >= 15 is 0 Å². The molecule has 4 heteroatoms. The van der Waals surface area contributed by atoms with Crippen LogP contribution in [0, 0.1) is 0 Å². The highest BCUT2D eigenvalue weighted by Crippen LogP contribution is 2.29. The van der Waals surface area contributed by atoms with Crippen molar-refractivity contribution in [1.82, 2.24) is 15.1 Å². The second kappa shape index (κ2) is 7.14. The van der Waals surface area contributed by atoms with Crippen molar-refractivity contribution in [1.29, 1.82) is 0 Å². The SMILES string of the molecule is CCSC1CCC(NCc2ccn(-c3ccccc3)n2)C1. The number of hydrogen-bond donors (Lipinski definition) is 1. The molecule has 0 saturated heterocycles. The molecule has 21 heavy (non-hydrogen) atoms. The number of aromatic nitrogens is 2. The Balaban J connectivity index is 1.52. The number of para-hydroxylation sites is 1. The summed E-state index contributed by atoms with van der Waals surface area (Å²) < 4.78 is 1.95. The highest BCUT2D eigenvalue weighted by atomic mass is 32.2. The maximum Gasteiger partial charge on any atom is 0.0766 e. The molecule has 3 rings (SSSR count). The molecule has 0 aliphatic heterocycles. The van der Waals surface area contributed by atoms with Gasteiger partial charge in [0.15, 0.2) is 0 Å². The van der Waals surface area contributed by atoms with Crippen molar-refractivity contribution in [2.45, 2.75) is 44.0 Å². The highest BCUT2D eigenvalue weighted by Gasteiger charge is 2.24. The summed E-state index contributed by atoms with van der Waals surface area (Å²) in [5.74, 6) is 1.23. The number of nitrogens with one attached hydrogen (secondary N) is 1. The summed E-state index contributed by atoms with van der Waals surface area (Å²) in [4.78, 5) is 0. The van der Waals surface area contributed by atoms with E-state index in [1.165, 1.54) is 25.0 Å². The number of rotatable bonds is 6. The Labute approximate surface area is 131 Å². The Morgan fingerprint density at radius 1 is 1.24 bits per heavy atom. The Morgan fingerprint density at radius 2 is 2.10 bits per heavy atom. The molecule has 1 heterocycles. The standard InChI is InChI=1S/C17H23N3S/c1-2-21-17-9-8-14(12-17)18-13-15-10-11-20(19-15)16-6-4-3-5-7-16/h3-7,10-11,14,17-18H,2,8-9,12-13H2,1H3. The van der Waals surface area contributed by atoms with E-state index in [9.17, 15) is 0 Å². The van der Waals surface area contributed by atoms with Crippen molar-refractivity contribution < 1.29 is 0 Å². The zero-order valence-electron chi connectivity index (χ0n) is 12.5. The van der Waals surface area contributed by atoms with Gasteiger partial charge in [0.1, 0.15) is 0 Å². The Morgan fingerprint density at radius 3 is 2.90 bits per heavy atom. The van der Waals surface area contributed by atoms with Gasteiger partial charge in [0, 0.05) is 24.0 Å². The van der Waals surface area contributed by atoms with Crippen LogP contribution in [0.4, 0.5) is 0 Å². The van der Waals surface area contributed by atoms with Gasteiger partial charge in [0.2, 0.25) is 0 Å². The lowest BCUT2D eigenvalue weighted by Crippen LogP contribution is -2.26. The Kier molecular flexibility index (Phi) is 4.99. The first kappa shape index (κ1) is 14.7. The molecule has 2 unspecified atom stereocenters. The van der Waals surface area contributed by atoms with Gasteiger partial charge >= 0.3 is 0 Å². The van der Waals surface area contributed by atoms with Crippen molar-refractivity contribution in [3.05, 3.63) is 48.3 Å². The number of hydrogen-bond acceptors (Lipinski definition) is 3. The fraction of sp³-hybridized carbons (Fsp3) is 0.471. The van der Waals surface area contributed by atoms with Crippen LogP contribution in [0.5, 0.6) is 0 Å². The van der Waals surface area contributed by atoms with Crippen molar-refractivity contribution in [3.63, 3.8) is 0 Å². The van der Waals surface area contributed by atoms with E-state index in [2.05, 4.69) is 47.3 Å². The van der Waals surface area contributed by atoms with Gasteiger partial charge in [0.05, 0.1) is 11.4 Å². The maximum absolute atomic E-state index is 4.65. The fourth-order valence-corrected chi connectivity index (χ4v) is 4.08. The monoisotopic (exact) mass is 301 g/mol. The molecule has 1 aromatic carbocycles. The molecule has 1 fully saturated rings. The first-order chi connectivity index (χ1) is 10.3. The molecule has 1 aliphatic rings. The van der Waals surface area contributed by atoms with Crippen molar-refractivity contribution >= 4 is 11.8 Å². The van der Waals surface area contributed by atoms with Crippen LogP contribution in [-0.2, 0) is 6.54 Å². The third-order valence-corrected chi connectivity index (χ3v) is 5.26. The molecule has 0 amide bonds. The average molecular weight is 301 g/mol. The minimum Gasteiger partial charge on any atom is -0.308 e. The molecule has 0 radical (unpaired) electrons. The molecule has 1 aliphatic carbocycles. The second-order valence-electron chi connectivity index (χ2n) is 5.56. The van der Waals surface area contributed by atoms with E-state index in [0.29, 0.717) is 6.04 Å². The molecule has 2 aromatic rings. The molecule has 0 spiro atoms. The predicted octanol–water partition coefficient (Wildman–Crippen LogP) is 3.64. The van der Waals surface area contributed by atoms with Crippen LogP contribution in [0.3, 0.4) is 0 Å². The lowest BCUT2D eigenvalue weighted by atomic mass is 10.2. The normalized spacial score (nSPS) is 21.8. The molecule has 3 nitrogen and oxygen atoms in total. The molecular formula is C17H23N3S. The third-order valence-electron chi connectivity index (χ3n) is 4.02. The summed E-state index contributed by atoms with van der Waals surface area (Å²) in [5, 5.41) is 9.16. The zero-order chi connectivity index (χ0) is 14.5. The van der Waals surface area contributed by atoms with Gasteiger partial charge in [-0.05, 0) is 43.2 Å². The van der Waals surface area contributed by atoms with Gasteiger partial charge in [-0.3, -0.25) is 0 Å². The van der Waals surface area contributed by atoms with E-state index in [1.807, 2.05) is 29.1 Å². The summed E-state index contributed by atoms with van der Waals surface area (Å²) in [5.41, 5.74) is 2.23. The van der Waals surface area contributed by atoms with Gasteiger partial charge in [-0.2, -0.15) is 16.9 Å². The molecule has 1 saturated carbocycles. The van der Waals surface area contributed by atoms with E-state index < -0.39 is 0 Å². The van der Waals surface area contributed by atoms with E-state index in [0.717, 1.165) is 23.2 Å². The average Bonchev–Trinajstić information content (AvgIpc) is 3.16. The highest BCUT2D eigenvalue weighted by molar-refractivity contribution is 7.99. The summed E-state index contributed by atoms with van der Waals surface area (Å²) in [6.45, 7) is 3.12. The van der Waals surface area contributed by atoms with Crippen molar-refractivity contribution in [2.24, 2.45) is 0 Å². The van der Waals surface area contributed by atoms with Crippen LogP contribution in [-0.4, -0.2) is 26.8 Å². The van der Waals surface area contributed by atoms with Crippen LogP contribution < -0.4 is 5.32 Å². The van der Waals surface area contributed by atoms with E-state index in [4.69, 9.17) is 0 Å². The molecule has 2 atom stereocenters. The lowest BCUT2D eigenvalue weighted by molar-refractivity contribution is 0.518. The van der Waals surface area contributed by atoms with Gasteiger partial charge in [-0.15, -0.1) is 0 Å². The molecular weight excluding hydrogens is 278 g/mol. The number of benzene rings is 1. The number of thioether (sulfide) groups is 1. The Hall–Kier alpha value is -1.26. The third kappa shape index (κ3) is 3.89. The summed E-state index contributed by atoms with van der Waals surface area (Å²) in [7, 11) is 0. The first-order valence-corrected chi connectivity index (χ1v) is 8.85. The maximum atomic E-state index is 4.65. The minimum atomic E-state index is 0.663. The van der Waals surface area contributed by atoms with Crippen LogP contribution in [0.2, 0.25) is 0 Å². The lowest BCUT2D eigenvalue weighted by Gasteiger charge is -2.11. The second-order valence-corrected chi connectivity index (χ2v) is 7.13. The Bertz CT molecular complexity index is 552. The topological polar surface area (TPSA) is 29.9 Å². The van der Waals surface area contributed by atoms with Gasteiger partial charge in [-0.1, -0.05) is 25.1 Å². The van der Waals surface area contributed by atoms with Gasteiger partial charge in [-0.25, -0.2) is 4.68 Å². The molecule has 1 N–H and O–H groups in total. The first-order valence-electron chi connectivity index (χ1n) is 7.80. The van der Waals surface area contributed by atoms with Gasteiger partial charge < -0.3 is 5.32 Å². The van der Waals surface area contributed by atoms with Crippen molar-refractivity contribution in [3.8, 4) is 5.69 Å². The quantitative estimate of drug-likeness (QED) is 0.883. The molecule has 1 aromatic heterocycles. The molecule has 0 bridgehead atoms. The zero-order valence-corrected chi connectivity index (χ0v) is 13.4. The number of nitrogens with zero attached hydrogens (tertiary/aromatic N) is 2. The van der Waals surface area contributed by atoms with Crippen LogP contribution in [0.25, 0.3) is 5.69 Å². The smallest absolute Gasteiger partial charge is 0.0766 e. The summed E-state index contributed by atoms with van der Waals surface area (Å²) >= 11 is 2.11. The minimum absolute atomic E-state index is 0.663. The van der Waals surface area contributed by atoms with E-state index in [-0.39, 0.29) is 0 Å². The van der Waals surface area contributed by atoms with Crippen LogP contribution >= 0.6 is 11.8 Å². The largest absolute Gasteiger partial charge is 0.308 e. The fourth-order valence-electron chi connectivity index (χ4n) is 2.94. The van der Waals surface area contributed by atoms with Crippen LogP contribution in [0.1, 0.15) is 31.9 Å². The van der Waals surface area contributed by atoms with Crippen LogP contribution in [0.15, 0.2) is 42.6 Å².